The van der Waals surface area contributed by atoms with Gasteiger partial charge in [-0.05, 0) is 87.9 Å². The molecule has 0 saturated heterocycles. The van der Waals surface area contributed by atoms with Gasteiger partial charge in [-0.3, -0.25) is 0 Å². The van der Waals surface area contributed by atoms with Crippen molar-refractivity contribution in [2.24, 2.45) is 34.5 Å². The van der Waals surface area contributed by atoms with Crippen LogP contribution in [0.25, 0.3) is 0 Å². The molecule has 2 unspecified atom stereocenters. The van der Waals surface area contributed by atoms with Crippen molar-refractivity contribution in [2.45, 2.75) is 97.6 Å². The fourth-order valence-corrected chi connectivity index (χ4v) is 9.47. The van der Waals surface area contributed by atoms with Crippen molar-refractivity contribution in [2.75, 3.05) is 41.3 Å². The smallest absolute Gasteiger partial charge is 0.0943 e. The summed E-state index contributed by atoms with van der Waals surface area (Å²) >= 11 is 0. The van der Waals surface area contributed by atoms with Crippen LogP contribution in [0.3, 0.4) is 0 Å². The van der Waals surface area contributed by atoms with Crippen LogP contribution in [-0.2, 0) is 0 Å². The van der Waals surface area contributed by atoms with Gasteiger partial charge in [0.2, 0.25) is 0 Å². The van der Waals surface area contributed by atoms with Crippen molar-refractivity contribution >= 4 is 0 Å². The zero-order chi connectivity index (χ0) is 21.2. The van der Waals surface area contributed by atoms with Gasteiger partial charge in [0.15, 0.2) is 0 Å². The normalized spacial score (nSPS) is 44.9. The first-order chi connectivity index (χ1) is 13.5. The lowest BCUT2D eigenvalue weighted by Crippen LogP contribution is -3.00. The summed E-state index contributed by atoms with van der Waals surface area (Å²) in [6, 6.07) is 1.80. The van der Waals surface area contributed by atoms with Crippen molar-refractivity contribution in [3.05, 3.63) is 0 Å². The summed E-state index contributed by atoms with van der Waals surface area (Å²) in [5.41, 5.74) is 1.24. The van der Waals surface area contributed by atoms with E-state index in [1.807, 2.05) is 0 Å². The fraction of sp³-hybridized carbons (Fsp3) is 1.00. The molecule has 0 N–H and O–H groups in total. The van der Waals surface area contributed by atoms with Gasteiger partial charge in [0, 0.05) is 18.3 Å². The lowest BCUT2D eigenvalue weighted by molar-refractivity contribution is -0.920. The number of fused-ring (bicyclic) bond motifs is 5. The number of halogens is 2. The molecule has 4 fully saturated rings. The molecule has 0 aromatic heterocycles. The van der Waals surface area contributed by atoms with Crippen molar-refractivity contribution in [1.29, 1.82) is 0 Å². The molecule has 0 aromatic carbocycles. The lowest BCUT2D eigenvalue weighted by Gasteiger charge is -2.62. The monoisotopic (exact) mass is 658 g/mol. The quantitative estimate of drug-likeness (QED) is 0.295. The minimum absolute atomic E-state index is 0. The fourth-order valence-electron chi connectivity index (χ4n) is 9.47. The summed E-state index contributed by atoms with van der Waals surface area (Å²) in [7, 11) is 9.99. The maximum atomic E-state index is 2.75. The highest BCUT2D eigenvalue weighted by molar-refractivity contribution is 5.09. The zero-order valence-corrected chi connectivity index (χ0v) is 26.2. The van der Waals surface area contributed by atoms with Crippen molar-refractivity contribution in [1.82, 2.24) is 0 Å². The van der Waals surface area contributed by atoms with Crippen molar-refractivity contribution in [3.63, 3.8) is 0 Å². The van der Waals surface area contributed by atoms with Crippen molar-refractivity contribution in [3.8, 4) is 0 Å². The van der Waals surface area contributed by atoms with E-state index in [0.29, 0.717) is 10.8 Å². The number of quaternary nitrogens is 2. The third kappa shape index (κ3) is 4.52. The van der Waals surface area contributed by atoms with Crippen LogP contribution >= 0.6 is 0 Å². The van der Waals surface area contributed by atoms with Crippen molar-refractivity contribution < 1.29 is 56.9 Å². The van der Waals surface area contributed by atoms with Crippen LogP contribution in [0.4, 0.5) is 0 Å². The first kappa shape index (κ1) is 28.6. The lowest BCUT2D eigenvalue weighted by atomic mass is 9.44. The highest BCUT2D eigenvalue weighted by Crippen LogP contribution is 2.67. The van der Waals surface area contributed by atoms with Crippen LogP contribution < -0.4 is 48.0 Å². The summed E-state index contributed by atoms with van der Waals surface area (Å²) in [5.74, 6) is 4.06. The molecule has 0 bridgehead atoms. The largest absolute Gasteiger partial charge is 1.00 e. The van der Waals surface area contributed by atoms with Gasteiger partial charge in [0.25, 0.3) is 0 Å². The van der Waals surface area contributed by atoms with E-state index < -0.39 is 0 Å². The number of nitrogens with zero attached hydrogens (tertiary/aromatic N) is 2. The molecule has 4 saturated carbocycles. The Hall–Kier alpha value is 1.38. The van der Waals surface area contributed by atoms with E-state index in [2.05, 4.69) is 55.9 Å². The molecule has 2 nitrogen and oxygen atoms in total. The van der Waals surface area contributed by atoms with E-state index >= 15 is 0 Å². The van der Waals surface area contributed by atoms with Crippen LogP contribution in [0.2, 0.25) is 0 Å². The summed E-state index contributed by atoms with van der Waals surface area (Å²) < 4.78 is 2.49. The Labute approximate surface area is 228 Å². The van der Waals surface area contributed by atoms with E-state index in [0.717, 1.165) is 35.8 Å². The van der Waals surface area contributed by atoms with Gasteiger partial charge >= 0.3 is 0 Å². The highest BCUT2D eigenvalue weighted by Gasteiger charge is 2.63. The molecule has 0 radical (unpaired) electrons. The van der Waals surface area contributed by atoms with E-state index in [9.17, 15) is 0 Å². The summed E-state index contributed by atoms with van der Waals surface area (Å²) in [6.45, 7) is 12.8. The molecule has 4 heteroatoms. The van der Waals surface area contributed by atoms with Gasteiger partial charge in [0.05, 0.1) is 53.4 Å². The first-order valence-electron chi connectivity index (χ1n) is 13.1. The van der Waals surface area contributed by atoms with Gasteiger partial charge in [0.1, 0.15) is 0 Å². The molecule has 4 aliphatic rings. The molecule has 4 rings (SSSR count). The average Bonchev–Trinajstić information content (AvgIpc) is 3.05. The number of hydrogen-bond acceptors (Lipinski definition) is 0. The standard InChI is InChI=1S/C27H52N2.2HI/c1-9-28(5,6)21-15-17-26(3)20(19-21)11-12-22-23-13-14-25(29(7,8)10-2)27(23,4)18-16-24(22)26;;/h20-25H,9-19H2,1-8H3;2*1H/q+2;;/p-2/t20-,21+,22-,23?,24?,25+,26-,27-;;/m0../s1. The second-order valence-electron chi connectivity index (χ2n) is 13.4. The van der Waals surface area contributed by atoms with Crippen LogP contribution in [0.5, 0.6) is 0 Å². The second-order valence-corrected chi connectivity index (χ2v) is 13.4. The molecule has 8 atom stereocenters. The van der Waals surface area contributed by atoms with E-state index in [-0.39, 0.29) is 48.0 Å². The number of hydrogen-bond donors (Lipinski definition) is 0. The Morgan fingerprint density at radius 3 is 1.87 bits per heavy atom. The van der Waals surface area contributed by atoms with E-state index in [1.54, 1.807) is 6.42 Å². The summed E-state index contributed by atoms with van der Waals surface area (Å²) in [6.07, 6.45) is 13.6. The molecule has 0 aromatic rings. The van der Waals surface area contributed by atoms with E-state index in [1.165, 1.54) is 73.4 Å². The molecule has 0 amide bonds. The SMILES string of the molecule is CC[N+](C)(C)[C@@H]1CC[C@]2(C)C3CC[C@@]4(C)C(CC[C@H]4[N+](C)(C)CC)[C@@H]3CC[C@H]2C1.[I-].[I-]. The predicted octanol–water partition coefficient (Wildman–Crippen LogP) is -0.0331. The second kappa shape index (κ2) is 9.79. The third-order valence-corrected chi connectivity index (χ3v) is 12.1. The van der Waals surface area contributed by atoms with Crippen LogP contribution in [0, 0.1) is 34.5 Å². The molecule has 0 spiro atoms. The van der Waals surface area contributed by atoms with Gasteiger partial charge in [-0.1, -0.05) is 13.8 Å². The molecule has 184 valence electrons. The van der Waals surface area contributed by atoms with Crippen LogP contribution in [-0.4, -0.2) is 62.3 Å². The molecule has 31 heavy (non-hydrogen) atoms. The molecule has 0 aliphatic heterocycles. The molecular formula is C27H52I2N2. The topological polar surface area (TPSA) is 0 Å². The minimum atomic E-state index is 0. The van der Waals surface area contributed by atoms with Gasteiger partial charge in [-0.2, -0.15) is 0 Å². The zero-order valence-electron chi connectivity index (χ0n) is 21.9. The Bertz CT molecular complexity index is 620. The summed E-state index contributed by atoms with van der Waals surface area (Å²) in [4.78, 5) is 0. The average molecular weight is 659 g/mol. The van der Waals surface area contributed by atoms with E-state index in [4.69, 9.17) is 0 Å². The van der Waals surface area contributed by atoms with Gasteiger partial charge < -0.3 is 56.9 Å². The predicted molar refractivity (Wildman–Crippen MR) is 125 cm³/mol. The molecular weight excluding hydrogens is 606 g/mol. The summed E-state index contributed by atoms with van der Waals surface area (Å²) in [5, 5.41) is 0. The highest BCUT2D eigenvalue weighted by atomic mass is 127. The Morgan fingerprint density at radius 2 is 1.26 bits per heavy atom. The maximum absolute atomic E-state index is 2.75. The number of rotatable bonds is 4. The molecule has 4 aliphatic carbocycles. The first-order valence-corrected chi connectivity index (χ1v) is 13.1. The minimum Gasteiger partial charge on any atom is -1.00 e. The third-order valence-electron chi connectivity index (χ3n) is 12.1. The molecule has 0 heterocycles. The maximum Gasteiger partial charge on any atom is 0.0943 e. The van der Waals surface area contributed by atoms with Crippen LogP contribution in [0.1, 0.15) is 85.5 Å². The Kier molecular flexibility index (Phi) is 9.04. The van der Waals surface area contributed by atoms with Gasteiger partial charge in [-0.15, -0.1) is 0 Å². The Morgan fingerprint density at radius 1 is 0.677 bits per heavy atom. The Balaban J connectivity index is 0.00000171. The van der Waals surface area contributed by atoms with Crippen LogP contribution in [0.15, 0.2) is 0 Å². The van der Waals surface area contributed by atoms with Gasteiger partial charge in [-0.25, -0.2) is 0 Å².